The van der Waals surface area contributed by atoms with Crippen molar-refractivity contribution in [3.63, 3.8) is 0 Å². The third-order valence-electron chi connectivity index (χ3n) is 2.55. The van der Waals surface area contributed by atoms with Crippen molar-refractivity contribution in [2.75, 3.05) is 0 Å². The Hall–Kier alpha value is -2.34. The fourth-order valence-corrected chi connectivity index (χ4v) is 2.42. The lowest BCUT2D eigenvalue weighted by atomic mass is 10.2. The van der Waals surface area contributed by atoms with Crippen LogP contribution in [0.15, 0.2) is 35.4 Å². The molecule has 0 aliphatic rings. The van der Waals surface area contributed by atoms with Gasteiger partial charge in [-0.2, -0.15) is 5.10 Å². The predicted octanol–water partition coefficient (Wildman–Crippen LogP) is 2.49. The molecule has 2 aromatic rings. The lowest BCUT2D eigenvalue weighted by molar-refractivity contribution is 0.0954. The first-order chi connectivity index (χ1) is 9.58. The number of carbonyl (C=O) groups excluding carboxylic acids is 1. The van der Waals surface area contributed by atoms with Crippen LogP contribution in [-0.2, 0) is 6.42 Å². The number of aromatic hydroxyl groups is 2. The van der Waals surface area contributed by atoms with E-state index >= 15 is 0 Å². The number of thiophene rings is 1. The van der Waals surface area contributed by atoms with E-state index in [2.05, 4.69) is 17.5 Å². The second-order valence-corrected chi connectivity index (χ2v) is 5.29. The standard InChI is InChI=1S/C14H14N2O3S/c1-2-12-3-4-13(20-12)8-15-16-14(19)9-5-10(17)7-11(18)6-9/h3-8,17-18H,2H2,1H3,(H,16,19)/b15-8-. The van der Waals surface area contributed by atoms with Crippen molar-refractivity contribution in [3.8, 4) is 11.5 Å². The van der Waals surface area contributed by atoms with Crippen molar-refractivity contribution in [2.24, 2.45) is 5.10 Å². The number of nitrogens with zero attached hydrogens (tertiary/aromatic N) is 1. The van der Waals surface area contributed by atoms with Crippen molar-refractivity contribution in [3.05, 3.63) is 45.6 Å². The molecule has 104 valence electrons. The molecule has 3 N–H and O–H groups in total. The van der Waals surface area contributed by atoms with Crippen LogP contribution in [0.1, 0.15) is 27.0 Å². The van der Waals surface area contributed by atoms with Crippen molar-refractivity contribution in [1.29, 1.82) is 0 Å². The highest BCUT2D eigenvalue weighted by Crippen LogP contribution is 2.20. The Morgan fingerprint density at radius 2 is 2.00 bits per heavy atom. The predicted molar refractivity (Wildman–Crippen MR) is 78.5 cm³/mol. The van der Waals surface area contributed by atoms with E-state index in [-0.39, 0.29) is 17.1 Å². The normalized spacial score (nSPS) is 10.8. The van der Waals surface area contributed by atoms with E-state index in [4.69, 9.17) is 0 Å². The molecule has 1 aromatic heterocycles. The Balaban J connectivity index is 2.01. The molecule has 0 saturated carbocycles. The molecule has 0 bridgehead atoms. The SMILES string of the molecule is CCc1ccc(/C=N\NC(=O)c2cc(O)cc(O)c2)s1. The third kappa shape index (κ3) is 3.58. The van der Waals surface area contributed by atoms with Gasteiger partial charge in [-0.15, -0.1) is 11.3 Å². The van der Waals surface area contributed by atoms with Gasteiger partial charge >= 0.3 is 0 Å². The van der Waals surface area contributed by atoms with Gasteiger partial charge in [0.1, 0.15) is 11.5 Å². The molecule has 5 nitrogen and oxygen atoms in total. The molecular weight excluding hydrogens is 276 g/mol. The molecule has 0 aliphatic carbocycles. The van der Waals surface area contributed by atoms with Crippen LogP contribution in [-0.4, -0.2) is 22.3 Å². The first kappa shape index (κ1) is 14.1. The molecule has 0 fully saturated rings. The van der Waals surface area contributed by atoms with Gasteiger partial charge in [0.2, 0.25) is 0 Å². The van der Waals surface area contributed by atoms with Gasteiger partial charge in [-0.1, -0.05) is 6.92 Å². The zero-order chi connectivity index (χ0) is 14.5. The van der Waals surface area contributed by atoms with Gasteiger partial charge in [0.15, 0.2) is 0 Å². The van der Waals surface area contributed by atoms with Crippen LogP contribution < -0.4 is 5.43 Å². The zero-order valence-electron chi connectivity index (χ0n) is 10.8. The Bertz CT molecular complexity index is 629. The van der Waals surface area contributed by atoms with Crippen molar-refractivity contribution in [2.45, 2.75) is 13.3 Å². The number of aryl methyl sites for hydroxylation is 1. The lowest BCUT2D eigenvalue weighted by Gasteiger charge is -2.01. The van der Waals surface area contributed by atoms with Crippen molar-refractivity contribution < 1.29 is 15.0 Å². The van der Waals surface area contributed by atoms with Crippen LogP contribution in [0.25, 0.3) is 0 Å². The Kier molecular flexibility index (Phi) is 4.37. The number of amides is 1. The maximum absolute atomic E-state index is 11.8. The van der Waals surface area contributed by atoms with Gasteiger partial charge in [0.05, 0.1) is 6.21 Å². The molecule has 1 amide bonds. The van der Waals surface area contributed by atoms with Crippen LogP contribution in [0.5, 0.6) is 11.5 Å². The molecule has 0 unspecified atom stereocenters. The Morgan fingerprint density at radius 3 is 2.60 bits per heavy atom. The van der Waals surface area contributed by atoms with Gasteiger partial charge in [-0.3, -0.25) is 4.79 Å². The topological polar surface area (TPSA) is 81.9 Å². The summed E-state index contributed by atoms with van der Waals surface area (Å²) in [4.78, 5) is 13.9. The Morgan fingerprint density at radius 1 is 1.30 bits per heavy atom. The van der Waals surface area contributed by atoms with E-state index in [0.29, 0.717) is 0 Å². The molecule has 1 aromatic carbocycles. The summed E-state index contributed by atoms with van der Waals surface area (Å²) < 4.78 is 0. The van der Waals surface area contributed by atoms with Gasteiger partial charge < -0.3 is 10.2 Å². The highest BCUT2D eigenvalue weighted by Gasteiger charge is 2.07. The minimum Gasteiger partial charge on any atom is -0.508 e. The molecule has 2 rings (SSSR count). The van der Waals surface area contributed by atoms with E-state index < -0.39 is 5.91 Å². The van der Waals surface area contributed by atoms with Crippen LogP contribution in [0, 0.1) is 0 Å². The second kappa shape index (κ2) is 6.21. The summed E-state index contributed by atoms with van der Waals surface area (Å²) in [5.74, 6) is -0.852. The van der Waals surface area contributed by atoms with Crippen LogP contribution >= 0.6 is 11.3 Å². The van der Waals surface area contributed by atoms with E-state index in [1.807, 2.05) is 12.1 Å². The van der Waals surface area contributed by atoms with Crippen molar-refractivity contribution in [1.82, 2.24) is 5.43 Å². The van der Waals surface area contributed by atoms with Crippen LogP contribution in [0.2, 0.25) is 0 Å². The molecule has 6 heteroatoms. The number of nitrogens with one attached hydrogen (secondary N) is 1. The summed E-state index contributed by atoms with van der Waals surface area (Å²) in [6.45, 7) is 2.07. The molecule has 0 atom stereocenters. The quantitative estimate of drug-likeness (QED) is 0.597. The molecular formula is C14H14N2O3S. The molecule has 1 heterocycles. The molecule has 0 aliphatic heterocycles. The highest BCUT2D eigenvalue weighted by molar-refractivity contribution is 7.13. The largest absolute Gasteiger partial charge is 0.508 e. The van der Waals surface area contributed by atoms with E-state index in [0.717, 1.165) is 17.4 Å². The minimum absolute atomic E-state index is 0.139. The summed E-state index contributed by atoms with van der Waals surface area (Å²) >= 11 is 1.60. The first-order valence-electron chi connectivity index (χ1n) is 6.03. The number of benzene rings is 1. The first-order valence-corrected chi connectivity index (χ1v) is 6.85. The maximum atomic E-state index is 11.8. The average molecular weight is 290 g/mol. The molecule has 20 heavy (non-hydrogen) atoms. The van der Waals surface area contributed by atoms with Crippen LogP contribution in [0.4, 0.5) is 0 Å². The summed E-state index contributed by atoms with van der Waals surface area (Å²) in [5, 5.41) is 22.4. The number of phenols is 2. The van der Waals surface area contributed by atoms with Gasteiger partial charge in [0, 0.05) is 21.4 Å². The third-order valence-corrected chi connectivity index (χ3v) is 3.72. The van der Waals surface area contributed by atoms with Gasteiger partial charge in [0.25, 0.3) is 5.91 Å². The van der Waals surface area contributed by atoms with E-state index in [1.165, 1.54) is 17.0 Å². The number of hydrogen-bond acceptors (Lipinski definition) is 5. The number of phenolic OH excluding ortho intramolecular Hbond substituents is 2. The molecule has 0 saturated heterocycles. The summed E-state index contributed by atoms with van der Waals surface area (Å²) in [5.41, 5.74) is 2.48. The monoisotopic (exact) mass is 290 g/mol. The maximum Gasteiger partial charge on any atom is 0.271 e. The number of hydrazone groups is 1. The minimum atomic E-state index is -0.500. The number of rotatable bonds is 4. The summed E-state index contributed by atoms with van der Waals surface area (Å²) in [6, 6.07) is 7.61. The zero-order valence-corrected chi connectivity index (χ0v) is 11.6. The summed E-state index contributed by atoms with van der Waals surface area (Å²) in [6.07, 6.45) is 2.53. The van der Waals surface area contributed by atoms with E-state index in [1.54, 1.807) is 17.6 Å². The van der Waals surface area contributed by atoms with Gasteiger partial charge in [-0.05, 0) is 30.7 Å². The van der Waals surface area contributed by atoms with Crippen molar-refractivity contribution >= 4 is 23.5 Å². The fourth-order valence-electron chi connectivity index (χ4n) is 1.60. The van der Waals surface area contributed by atoms with Gasteiger partial charge in [-0.25, -0.2) is 5.43 Å². The highest BCUT2D eigenvalue weighted by atomic mass is 32.1. The Labute approximate surface area is 120 Å². The second-order valence-electron chi connectivity index (χ2n) is 4.09. The smallest absolute Gasteiger partial charge is 0.271 e. The fraction of sp³-hybridized carbons (Fsp3) is 0.143. The number of carbonyl (C=O) groups is 1. The molecule has 0 radical (unpaired) electrons. The molecule has 0 spiro atoms. The van der Waals surface area contributed by atoms with E-state index in [9.17, 15) is 15.0 Å². The lowest BCUT2D eigenvalue weighted by Crippen LogP contribution is -2.17. The van der Waals surface area contributed by atoms with Crippen LogP contribution in [0.3, 0.4) is 0 Å². The average Bonchev–Trinajstić information content (AvgIpc) is 2.85. The summed E-state index contributed by atoms with van der Waals surface area (Å²) in [7, 11) is 0. The number of hydrogen-bond donors (Lipinski definition) is 3.